The molecular weight excluding hydrogens is 324 g/mol. The first-order valence-electron chi connectivity index (χ1n) is 8.06. The van der Waals surface area contributed by atoms with Crippen LogP contribution in [-0.2, 0) is 14.3 Å². The Morgan fingerprint density at radius 3 is 2.20 bits per heavy atom. The van der Waals surface area contributed by atoms with Crippen molar-refractivity contribution in [1.29, 1.82) is 0 Å². The summed E-state index contributed by atoms with van der Waals surface area (Å²) in [5.74, 6) is -0.374. The molecule has 8 nitrogen and oxygen atoms in total. The molecule has 0 spiro atoms. The first-order valence-corrected chi connectivity index (χ1v) is 8.06. The van der Waals surface area contributed by atoms with Crippen LogP contribution in [0.15, 0.2) is 24.3 Å². The molecule has 0 fully saturated rings. The highest BCUT2D eigenvalue weighted by Crippen LogP contribution is 2.14. The van der Waals surface area contributed by atoms with Gasteiger partial charge in [0.2, 0.25) is 11.8 Å². The average molecular weight is 350 g/mol. The average Bonchev–Trinajstić information content (AvgIpc) is 2.55. The molecule has 0 aliphatic rings. The lowest BCUT2D eigenvalue weighted by Gasteiger charge is -2.16. The Kier molecular flexibility index (Phi) is 8.42. The predicted molar refractivity (Wildman–Crippen MR) is 96.4 cm³/mol. The highest BCUT2D eigenvalue weighted by molar-refractivity contribution is 5.98. The van der Waals surface area contributed by atoms with Crippen molar-refractivity contribution in [3.05, 3.63) is 24.3 Å². The van der Waals surface area contributed by atoms with Gasteiger partial charge in [-0.1, -0.05) is 13.8 Å². The van der Waals surface area contributed by atoms with E-state index in [2.05, 4.69) is 21.3 Å². The first-order chi connectivity index (χ1) is 11.8. The fourth-order valence-corrected chi connectivity index (χ4v) is 1.85. The van der Waals surface area contributed by atoms with E-state index in [0.717, 1.165) is 0 Å². The molecule has 0 bridgehead atoms. The molecule has 0 aromatic heterocycles. The zero-order chi connectivity index (χ0) is 18.8. The molecule has 138 valence electrons. The van der Waals surface area contributed by atoms with Crippen molar-refractivity contribution < 1.29 is 19.1 Å². The van der Waals surface area contributed by atoms with E-state index in [1.807, 2.05) is 13.8 Å². The van der Waals surface area contributed by atoms with Gasteiger partial charge in [-0.25, -0.2) is 4.79 Å². The van der Waals surface area contributed by atoms with E-state index in [0.29, 0.717) is 23.8 Å². The minimum absolute atomic E-state index is 0.0178. The van der Waals surface area contributed by atoms with E-state index >= 15 is 0 Å². The van der Waals surface area contributed by atoms with Crippen LogP contribution in [0.5, 0.6) is 0 Å². The lowest BCUT2D eigenvalue weighted by Crippen LogP contribution is -2.46. The smallest absolute Gasteiger partial charge is 0.321 e. The number of benzene rings is 1. The van der Waals surface area contributed by atoms with E-state index < -0.39 is 18.0 Å². The number of ether oxygens (including phenoxy) is 1. The number of urea groups is 1. The minimum Gasteiger partial charge on any atom is -0.375 e. The fourth-order valence-electron chi connectivity index (χ4n) is 1.85. The summed E-state index contributed by atoms with van der Waals surface area (Å²) in [4.78, 5) is 35.0. The molecule has 1 aromatic rings. The Bertz CT molecular complexity index is 587. The molecule has 0 aliphatic heterocycles. The molecule has 0 radical (unpaired) electrons. The molecule has 1 unspecified atom stereocenters. The van der Waals surface area contributed by atoms with E-state index in [4.69, 9.17) is 4.74 Å². The Morgan fingerprint density at radius 2 is 1.64 bits per heavy atom. The zero-order valence-corrected chi connectivity index (χ0v) is 15.0. The Labute approximate surface area is 147 Å². The number of carbonyl (C=O) groups excluding carboxylic acids is 3. The molecule has 0 saturated carbocycles. The van der Waals surface area contributed by atoms with Crippen molar-refractivity contribution in [3.8, 4) is 0 Å². The van der Waals surface area contributed by atoms with Crippen molar-refractivity contribution in [3.63, 3.8) is 0 Å². The number of hydrogen-bond donors (Lipinski definition) is 4. The van der Waals surface area contributed by atoms with Gasteiger partial charge in [-0.05, 0) is 37.1 Å². The van der Waals surface area contributed by atoms with Gasteiger partial charge in [0.05, 0.1) is 0 Å². The Hall–Kier alpha value is -2.61. The summed E-state index contributed by atoms with van der Waals surface area (Å²) in [5.41, 5.74) is 1.31. The molecule has 0 heterocycles. The molecule has 1 rings (SSSR count). The van der Waals surface area contributed by atoms with Crippen LogP contribution in [0.3, 0.4) is 0 Å². The molecule has 1 atom stereocenters. The number of methoxy groups -OCH3 is 1. The van der Waals surface area contributed by atoms with Gasteiger partial charge in [-0.2, -0.15) is 0 Å². The van der Waals surface area contributed by atoms with E-state index in [1.54, 1.807) is 31.2 Å². The largest absolute Gasteiger partial charge is 0.375 e. The molecule has 0 aliphatic carbocycles. The van der Waals surface area contributed by atoms with Crippen molar-refractivity contribution in [2.45, 2.75) is 26.8 Å². The maximum Gasteiger partial charge on any atom is 0.321 e. The van der Waals surface area contributed by atoms with Gasteiger partial charge in [0, 0.05) is 25.0 Å². The summed E-state index contributed by atoms with van der Waals surface area (Å²) >= 11 is 0. The van der Waals surface area contributed by atoms with Crippen LogP contribution < -0.4 is 21.3 Å². The van der Waals surface area contributed by atoms with Crippen LogP contribution in [0.25, 0.3) is 0 Å². The quantitative estimate of drug-likeness (QED) is 0.569. The first kappa shape index (κ1) is 20.4. The predicted octanol–water partition coefficient (Wildman–Crippen LogP) is 1.55. The van der Waals surface area contributed by atoms with Crippen molar-refractivity contribution in [2.75, 3.05) is 30.9 Å². The molecule has 1 aromatic carbocycles. The number of anilines is 2. The summed E-state index contributed by atoms with van der Waals surface area (Å²) in [6, 6.07) is 5.75. The standard InChI is InChI=1S/C17H26N4O4/c1-11(2)9-18-17(24)21-16(23)12(3)19-13-5-7-14(8-6-13)20-15(22)10-25-4/h5-8,11-12,19H,9-10H2,1-4H3,(H,20,22)(H2,18,21,23,24). The normalized spacial score (nSPS) is 11.6. The van der Waals surface area contributed by atoms with Crippen LogP contribution in [0.2, 0.25) is 0 Å². The van der Waals surface area contributed by atoms with Gasteiger partial charge in [0.15, 0.2) is 0 Å². The molecule has 25 heavy (non-hydrogen) atoms. The van der Waals surface area contributed by atoms with E-state index in [-0.39, 0.29) is 12.5 Å². The number of carbonyl (C=O) groups is 3. The van der Waals surface area contributed by atoms with Crippen LogP contribution in [-0.4, -0.2) is 44.1 Å². The maximum atomic E-state index is 12.0. The zero-order valence-electron chi connectivity index (χ0n) is 15.0. The Morgan fingerprint density at radius 1 is 1.04 bits per heavy atom. The topological polar surface area (TPSA) is 109 Å². The fraction of sp³-hybridized carbons (Fsp3) is 0.471. The lowest BCUT2D eigenvalue weighted by atomic mass is 10.2. The second kappa shape index (κ2) is 10.3. The van der Waals surface area contributed by atoms with Gasteiger partial charge in [0.1, 0.15) is 12.6 Å². The SMILES string of the molecule is COCC(=O)Nc1ccc(NC(C)C(=O)NC(=O)NCC(C)C)cc1. The summed E-state index contributed by atoms with van der Waals surface area (Å²) in [7, 11) is 1.45. The summed E-state index contributed by atoms with van der Waals surface area (Å²) < 4.78 is 4.74. The molecule has 4 amide bonds. The second-order valence-corrected chi connectivity index (χ2v) is 6.02. The number of hydrogen-bond acceptors (Lipinski definition) is 5. The van der Waals surface area contributed by atoms with Crippen molar-refractivity contribution >= 4 is 29.2 Å². The van der Waals surface area contributed by atoms with Crippen molar-refractivity contribution in [1.82, 2.24) is 10.6 Å². The molecule has 0 saturated heterocycles. The second-order valence-electron chi connectivity index (χ2n) is 6.02. The van der Waals surface area contributed by atoms with Crippen LogP contribution in [0, 0.1) is 5.92 Å². The summed E-state index contributed by atoms with van der Waals surface area (Å²) in [6.45, 7) is 6.06. The van der Waals surface area contributed by atoms with Crippen LogP contribution >= 0.6 is 0 Å². The molecule has 8 heteroatoms. The van der Waals surface area contributed by atoms with Crippen LogP contribution in [0.1, 0.15) is 20.8 Å². The lowest BCUT2D eigenvalue weighted by molar-refractivity contribution is -0.120. The summed E-state index contributed by atoms with van der Waals surface area (Å²) in [6.07, 6.45) is 0. The Balaban J connectivity index is 2.47. The third-order valence-electron chi connectivity index (χ3n) is 3.13. The highest BCUT2D eigenvalue weighted by Gasteiger charge is 2.15. The van der Waals surface area contributed by atoms with E-state index in [9.17, 15) is 14.4 Å². The molecule has 4 N–H and O–H groups in total. The number of rotatable bonds is 8. The van der Waals surface area contributed by atoms with Gasteiger partial charge in [0.25, 0.3) is 0 Å². The van der Waals surface area contributed by atoms with Crippen molar-refractivity contribution in [2.24, 2.45) is 5.92 Å². The van der Waals surface area contributed by atoms with E-state index in [1.165, 1.54) is 7.11 Å². The minimum atomic E-state index is -0.598. The number of amides is 4. The maximum absolute atomic E-state index is 12.0. The number of nitrogens with one attached hydrogen (secondary N) is 4. The summed E-state index contributed by atoms with van der Waals surface area (Å²) in [5, 5.41) is 10.6. The number of imide groups is 1. The monoisotopic (exact) mass is 350 g/mol. The van der Waals surface area contributed by atoms with Gasteiger partial charge in [-0.15, -0.1) is 0 Å². The van der Waals surface area contributed by atoms with Gasteiger partial charge >= 0.3 is 6.03 Å². The third kappa shape index (κ3) is 8.16. The third-order valence-corrected chi connectivity index (χ3v) is 3.13. The van der Waals surface area contributed by atoms with Gasteiger partial charge in [-0.3, -0.25) is 14.9 Å². The van der Waals surface area contributed by atoms with Crippen LogP contribution in [0.4, 0.5) is 16.2 Å². The van der Waals surface area contributed by atoms with Gasteiger partial charge < -0.3 is 20.7 Å². The highest BCUT2D eigenvalue weighted by atomic mass is 16.5. The molecular formula is C17H26N4O4.